The zero-order valence-corrected chi connectivity index (χ0v) is 9.53. The van der Waals surface area contributed by atoms with Gasteiger partial charge in [-0.3, -0.25) is 0 Å². The first-order valence-electron chi connectivity index (χ1n) is 5.15. The highest BCUT2D eigenvalue weighted by molar-refractivity contribution is 5.30. The third kappa shape index (κ3) is 3.22. The van der Waals surface area contributed by atoms with E-state index in [2.05, 4.69) is 0 Å². The maximum atomic E-state index is 9.90. The molecule has 15 heavy (non-hydrogen) atoms. The molecule has 0 spiro atoms. The van der Waals surface area contributed by atoms with E-state index in [1.165, 1.54) is 0 Å². The maximum absolute atomic E-state index is 9.90. The molecule has 0 aliphatic heterocycles. The molecule has 0 fully saturated rings. The quantitative estimate of drug-likeness (QED) is 0.792. The van der Waals surface area contributed by atoms with Crippen molar-refractivity contribution in [2.45, 2.75) is 32.5 Å². The second-order valence-corrected chi connectivity index (χ2v) is 4.17. The predicted molar refractivity (Wildman–Crippen MR) is 60.8 cm³/mol. The number of hydrogen-bond donors (Lipinski definition) is 2. The van der Waals surface area contributed by atoms with Gasteiger partial charge in [0.1, 0.15) is 5.75 Å². The first-order chi connectivity index (χ1) is 6.95. The third-order valence-electron chi connectivity index (χ3n) is 2.25. The molecule has 1 aromatic rings. The van der Waals surface area contributed by atoms with Crippen LogP contribution in [-0.4, -0.2) is 17.8 Å². The van der Waals surface area contributed by atoms with E-state index in [0.29, 0.717) is 0 Å². The van der Waals surface area contributed by atoms with E-state index in [4.69, 9.17) is 10.5 Å². The van der Waals surface area contributed by atoms with Crippen molar-refractivity contribution < 1.29 is 9.84 Å². The van der Waals surface area contributed by atoms with Crippen LogP contribution in [0.3, 0.4) is 0 Å². The molecule has 1 atom stereocenters. The molecular weight excluding hydrogens is 190 g/mol. The Labute approximate surface area is 90.9 Å². The second kappa shape index (κ2) is 4.64. The van der Waals surface area contributed by atoms with E-state index in [9.17, 15) is 5.11 Å². The number of nitrogens with two attached hydrogens (primary N) is 1. The van der Waals surface area contributed by atoms with E-state index >= 15 is 0 Å². The second-order valence-electron chi connectivity index (χ2n) is 4.17. The van der Waals surface area contributed by atoms with Gasteiger partial charge in [0.25, 0.3) is 0 Å². The van der Waals surface area contributed by atoms with Crippen LogP contribution in [0.2, 0.25) is 0 Å². The number of benzene rings is 1. The molecule has 0 amide bonds. The van der Waals surface area contributed by atoms with Gasteiger partial charge in [-0.2, -0.15) is 0 Å². The average molecular weight is 209 g/mol. The summed E-state index contributed by atoms with van der Waals surface area (Å²) in [6.07, 6.45) is 0.158. The first kappa shape index (κ1) is 12.0. The van der Waals surface area contributed by atoms with Gasteiger partial charge in [-0.1, -0.05) is 12.1 Å². The summed E-state index contributed by atoms with van der Waals surface area (Å²) >= 11 is 0. The van der Waals surface area contributed by atoms with Crippen molar-refractivity contribution in [2.24, 2.45) is 5.73 Å². The van der Waals surface area contributed by atoms with Crippen LogP contribution in [0.1, 0.15) is 26.3 Å². The number of aliphatic hydroxyl groups is 1. The lowest BCUT2D eigenvalue weighted by molar-refractivity contribution is 0.0667. The Bertz CT molecular complexity index is 304. The summed E-state index contributed by atoms with van der Waals surface area (Å²) in [7, 11) is 0. The van der Waals surface area contributed by atoms with Crippen LogP contribution in [0.5, 0.6) is 5.75 Å². The van der Waals surface area contributed by atoms with Crippen molar-refractivity contribution in [1.29, 1.82) is 0 Å². The Hall–Kier alpha value is -1.06. The van der Waals surface area contributed by atoms with Crippen molar-refractivity contribution in [1.82, 2.24) is 0 Å². The van der Waals surface area contributed by atoms with Crippen molar-refractivity contribution in [3.8, 4) is 5.75 Å². The highest BCUT2D eigenvalue weighted by atomic mass is 16.5. The molecule has 1 rings (SSSR count). The van der Waals surface area contributed by atoms with Crippen molar-refractivity contribution in [3.05, 3.63) is 29.8 Å². The molecule has 1 unspecified atom stereocenters. The summed E-state index contributed by atoms with van der Waals surface area (Å²) in [5.74, 6) is 0.807. The molecular formula is C12H19NO2. The molecule has 0 saturated heterocycles. The Kier molecular flexibility index (Phi) is 3.72. The highest BCUT2D eigenvalue weighted by Crippen LogP contribution is 2.22. The SMILES string of the molecule is CC(C)Oc1ccc(C(C)(O)CN)cc1. The van der Waals surface area contributed by atoms with Crippen molar-refractivity contribution >= 4 is 0 Å². The number of hydrogen-bond acceptors (Lipinski definition) is 3. The smallest absolute Gasteiger partial charge is 0.119 e. The fourth-order valence-electron chi connectivity index (χ4n) is 1.28. The molecule has 0 radical (unpaired) electrons. The normalized spacial score (nSPS) is 15.1. The summed E-state index contributed by atoms with van der Waals surface area (Å²) < 4.78 is 5.50. The minimum Gasteiger partial charge on any atom is -0.491 e. The standard InChI is InChI=1S/C12H19NO2/c1-9(2)15-11-6-4-10(5-7-11)12(3,14)8-13/h4-7,9,14H,8,13H2,1-3H3. The van der Waals surface area contributed by atoms with E-state index < -0.39 is 5.60 Å². The Morgan fingerprint density at radius 3 is 2.27 bits per heavy atom. The summed E-state index contributed by atoms with van der Waals surface area (Å²) in [6.45, 7) is 5.86. The molecule has 0 aliphatic carbocycles. The largest absolute Gasteiger partial charge is 0.491 e. The summed E-state index contributed by atoms with van der Waals surface area (Å²) in [6, 6.07) is 7.37. The van der Waals surface area contributed by atoms with Gasteiger partial charge in [-0.25, -0.2) is 0 Å². The van der Waals surface area contributed by atoms with Gasteiger partial charge in [0.2, 0.25) is 0 Å². The minimum absolute atomic E-state index is 0.158. The lowest BCUT2D eigenvalue weighted by Gasteiger charge is -2.21. The third-order valence-corrected chi connectivity index (χ3v) is 2.25. The van der Waals surface area contributed by atoms with Crippen LogP contribution in [0.25, 0.3) is 0 Å². The van der Waals surface area contributed by atoms with E-state index in [-0.39, 0.29) is 12.6 Å². The maximum Gasteiger partial charge on any atom is 0.119 e. The van der Waals surface area contributed by atoms with E-state index in [1.54, 1.807) is 6.92 Å². The molecule has 3 nitrogen and oxygen atoms in total. The average Bonchev–Trinajstić information content (AvgIpc) is 2.18. The van der Waals surface area contributed by atoms with E-state index in [0.717, 1.165) is 11.3 Å². The van der Waals surface area contributed by atoms with Crippen molar-refractivity contribution in [3.63, 3.8) is 0 Å². The van der Waals surface area contributed by atoms with Crippen LogP contribution in [0.4, 0.5) is 0 Å². The zero-order chi connectivity index (χ0) is 11.5. The fraction of sp³-hybridized carbons (Fsp3) is 0.500. The van der Waals surface area contributed by atoms with Crippen LogP contribution in [-0.2, 0) is 5.60 Å². The molecule has 3 heteroatoms. The van der Waals surface area contributed by atoms with Gasteiger partial charge in [0, 0.05) is 6.54 Å². The van der Waals surface area contributed by atoms with Gasteiger partial charge < -0.3 is 15.6 Å². The van der Waals surface area contributed by atoms with Crippen LogP contribution in [0, 0.1) is 0 Å². The lowest BCUT2D eigenvalue weighted by Crippen LogP contribution is -2.31. The Morgan fingerprint density at radius 1 is 1.33 bits per heavy atom. The molecule has 0 heterocycles. The summed E-state index contributed by atoms with van der Waals surface area (Å²) in [4.78, 5) is 0. The van der Waals surface area contributed by atoms with E-state index in [1.807, 2.05) is 38.1 Å². The monoisotopic (exact) mass is 209 g/mol. The topological polar surface area (TPSA) is 55.5 Å². The van der Waals surface area contributed by atoms with Gasteiger partial charge >= 0.3 is 0 Å². The molecule has 3 N–H and O–H groups in total. The van der Waals surface area contributed by atoms with Crippen LogP contribution < -0.4 is 10.5 Å². The molecule has 0 aromatic heterocycles. The Morgan fingerprint density at radius 2 is 1.87 bits per heavy atom. The van der Waals surface area contributed by atoms with Crippen LogP contribution >= 0.6 is 0 Å². The lowest BCUT2D eigenvalue weighted by atomic mass is 9.96. The van der Waals surface area contributed by atoms with Crippen LogP contribution in [0.15, 0.2) is 24.3 Å². The Balaban J connectivity index is 2.81. The molecule has 0 bridgehead atoms. The van der Waals surface area contributed by atoms with Gasteiger partial charge in [0.05, 0.1) is 11.7 Å². The fourth-order valence-corrected chi connectivity index (χ4v) is 1.28. The van der Waals surface area contributed by atoms with Crippen molar-refractivity contribution in [2.75, 3.05) is 6.54 Å². The molecule has 0 aliphatic rings. The number of ether oxygens (including phenoxy) is 1. The minimum atomic E-state index is -0.962. The summed E-state index contributed by atoms with van der Waals surface area (Å²) in [5, 5.41) is 9.90. The van der Waals surface area contributed by atoms with Gasteiger partial charge in [-0.05, 0) is 38.5 Å². The highest BCUT2D eigenvalue weighted by Gasteiger charge is 2.20. The summed E-state index contributed by atoms with van der Waals surface area (Å²) in [5.41, 5.74) is 5.32. The molecule has 1 aromatic carbocycles. The van der Waals surface area contributed by atoms with Gasteiger partial charge in [-0.15, -0.1) is 0 Å². The number of rotatable bonds is 4. The molecule has 0 saturated carbocycles. The first-order valence-corrected chi connectivity index (χ1v) is 5.15. The zero-order valence-electron chi connectivity index (χ0n) is 9.53. The predicted octanol–water partition coefficient (Wildman–Crippen LogP) is 1.64. The van der Waals surface area contributed by atoms with Gasteiger partial charge in [0.15, 0.2) is 0 Å². The molecule has 84 valence electrons.